The van der Waals surface area contributed by atoms with Gasteiger partial charge in [0.25, 0.3) is 0 Å². The van der Waals surface area contributed by atoms with Crippen LogP contribution in [0.5, 0.6) is 0 Å². The summed E-state index contributed by atoms with van der Waals surface area (Å²) < 4.78 is 0. The normalized spacial score (nSPS) is 15.5. The summed E-state index contributed by atoms with van der Waals surface area (Å²) in [7, 11) is 0. The van der Waals surface area contributed by atoms with E-state index in [-0.39, 0.29) is 17.4 Å². The molecule has 0 spiro atoms. The van der Waals surface area contributed by atoms with E-state index in [2.05, 4.69) is 26.1 Å². The second-order valence-electron chi connectivity index (χ2n) is 8.42. The van der Waals surface area contributed by atoms with Gasteiger partial charge in [0.15, 0.2) is 0 Å². The summed E-state index contributed by atoms with van der Waals surface area (Å²) in [4.78, 5) is 29.0. The van der Waals surface area contributed by atoms with Crippen LogP contribution in [-0.4, -0.2) is 47.9 Å². The van der Waals surface area contributed by atoms with E-state index in [1.54, 1.807) is 0 Å². The fourth-order valence-electron chi connectivity index (χ4n) is 3.46. The molecule has 1 N–H and O–H groups in total. The zero-order valence-electron chi connectivity index (χ0n) is 16.5. The van der Waals surface area contributed by atoms with Gasteiger partial charge in [0.05, 0.1) is 5.69 Å². The van der Waals surface area contributed by atoms with Crippen LogP contribution in [0, 0.1) is 5.41 Å². The first-order valence-electron chi connectivity index (χ1n) is 9.65. The minimum absolute atomic E-state index is 0.0190. The van der Waals surface area contributed by atoms with Gasteiger partial charge in [0.1, 0.15) is 0 Å². The number of amides is 3. The number of benzene rings is 2. The Hall–Kier alpha value is -2.56. The monoisotopic (exact) mass is 367 g/mol. The quantitative estimate of drug-likeness (QED) is 0.858. The van der Waals surface area contributed by atoms with Crippen molar-refractivity contribution < 1.29 is 9.59 Å². The molecule has 5 heteroatoms. The van der Waals surface area contributed by atoms with Gasteiger partial charge < -0.3 is 15.1 Å². The number of fused-ring (bicyclic) bond motifs is 1. The summed E-state index contributed by atoms with van der Waals surface area (Å²) in [5, 5.41) is 5.18. The highest BCUT2D eigenvalue weighted by Gasteiger charge is 2.25. The fraction of sp³-hybridized carbons (Fsp3) is 0.455. The zero-order chi connectivity index (χ0) is 19.4. The Morgan fingerprint density at radius 3 is 2.37 bits per heavy atom. The summed E-state index contributed by atoms with van der Waals surface area (Å²) in [6, 6.07) is 13.8. The third-order valence-corrected chi connectivity index (χ3v) is 4.85. The molecule has 0 saturated carbocycles. The third-order valence-electron chi connectivity index (χ3n) is 4.85. The van der Waals surface area contributed by atoms with Gasteiger partial charge in [-0.1, -0.05) is 57.2 Å². The first kappa shape index (κ1) is 19.2. The van der Waals surface area contributed by atoms with Crippen molar-refractivity contribution in [2.24, 2.45) is 5.41 Å². The predicted octanol–water partition coefficient (Wildman–Crippen LogP) is 4.34. The maximum Gasteiger partial charge on any atom is 0.321 e. The van der Waals surface area contributed by atoms with Crippen molar-refractivity contribution in [1.29, 1.82) is 0 Å². The second kappa shape index (κ2) is 7.99. The van der Waals surface area contributed by atoms with Crippen LogP contribution < -0.4 is 5.32 Å². The van der Waals surface area contributed by atoms with Crippen LogP contribution in [0.1, 0.15) is 33.6 Å². The van der Waals surface area contributed by atoms with Crippen molar-refractivity contribution >= 4 is 28.4 Å². The van der Waals surface area contributed by atoms with Crippen molar-refractivity contribution in [3.05, 3.63) is 42.5 Å². The summed E-state index contributed by atoms with van der Waals surface area (Å²) in [5.74, 6) is 0.179. The SMILES string of the molecule is CC(C)(C)CC(=O)N1CCCN(C(=O)Nc2cccc3ccccc23)CC1. The molecule has 2 aromatic carbocycles. The molecule has 1 aliphatic heterocycles. The molecule has 5 nitrogen and oxygen atoms in total. The molecule has 0 bridgehead atoms. The van der Waals surface area contributed by atoms with E-state index < -0.39 is 0 Å². The highest BCUT2D eigenvalue weighted by atomic mass is 16.2. The Kier molecular flexibility index (Phi) is 5.68. The molecule has 0 aromatic heterocycles. The van der Waals surface area contributed by atoms with Crippen molar-refractivity contribution in [1.82, 2.24) is 9.80 Å². The highest BCUT2D eigenvalue weighted by Crippen LogP contribution is 2.24. The van der Waals surface area contributed by atoms with Gasteiger partial charge in [0, 0.05) is 38.0 Å². The largest absolute Gasteiger partial charge is 0.341 e. The molecule has 27 heavy (non-hydrogen) atoms. The van der Waals surface area contributed by atoms with Gasteiger partial charge in [-0.25, -0.2) is 4.79 Å². The lowest BCUT2D eigenvalue weighted by atomic mass is 9.91. The van der Waals surface area contributed by atoms with E-state index >= 15 is 0 Å². The van der Waals surface area contributed by atoms with Crippen LogP contribution in [0.2, 0.25) is 0 Å². The number of anilines is 1. The average Bonchev–Trinajstić information content (AvgIpc) is 2.87. The molecular weight excluding hydrogens is 338 g/mol. The van der Waals surface area contributed by atoms with Crippen LogP contribution in [0.3, 0.4) is 0 Å². The minimum Gasteiger partial charge on any atom is -0.341 e. The number of nitrogens with zero attached hydrogens (tertiary/aromatic N) is 2. The predicted molar refractivity (Wildman–Crippen MR) is 110 cm³/mol. The number of rotatable bonds is 2. The number of hydrogen-bond acceptors (Lipinski definition) is 2. The van der Waals surface area contributed by atoms with E-state index in [1.165, 1.54) is 0 Å². The molecule has 0 unspecified atom stereocenters. The molecule has 1 saturated heterocycles. The molecule has 1 aliphatic rings. The van der Waals surface area contributed by atoms with Crippen molar-refractivity contribution in [2.75, 3.05) is 31.5 Å². The Labute approximate surface area is 161 Å². The topological polar surface area (TPSA) is 52.7 Å². The van der Waals surface area contributed by atoms with Gasteiger partial charge in [-0.2, -0.15) is 0 Å². The average molecular weight is 367 g/mol. The molecule has 144 valence electrons. The maximum absolute atomic E-state index is 12.8. The van der Waals surface area contributed by atoms with Gasteiger partial charge in [-0.05, 0) is 23.3 Å². The van der Waals surface area contributed by atoms with Crippen molar-refractivity contribution in [2.45, 2.75) is 33.6 Å². The molecular formula is C22H29N3O2. The third kappa shape index (κ3) is 5.00. The number of carbonyl (C=O) groups excluding carboxylic acids is 2. The Balaban J connectivity index is 1.63. The van der Waals surface area contributed by atoms with Gasteiger partial charge in [-0.15, -0.1) is 0 Å². The molecule has 0 aliphatic carbocycles. The summed E-state index contributed by atoms with van der Waals surface area (Å²) >= 11 is 0. The zero-order valence-corrected chi connectivity index (χ0v) is 16.5. The lowest BCUT2D eigenvalue weighted by Crippen LogP contribution is -2.40. The van der Waals surface area contributed by atoms with Crippen LogP contribution in [0.4, 0.5) is 10.5 Å². The van der Waals surface area contributed by atoms with Gasteiger partial charge >= 0.3 is 6.03 Å². The molecule has 1 fully saturated rings. The Bertz CT molecular complexity index is 820. The smallest absolute Gasteiger partial charge is 0.321 e. The molecule has 3 rings (SSSR count). The van der Waals surface area contributed by atoms with Crippen LogP contribution in [-0.2, 0) is 4.79 Å². The summed E-state index contributed by atoms with van der Waals surface area (Å²) in [6.45, 7) is 8.76. The first-order valence-corrected chi connectivity index (χ1v) is 9.65. The minimum atomic E-state index is -0.100. The first-order chi connectivity index (χ1) is 12.8. The molecule has 3 amide bonds. The van der Waals surface area contributed by atoms with Gasteiger partial charge in [0.2, 0.25) is 5.91 Å². The highest BCUT2D eigenvalue weighted by molar-refractivity contribution is 6.01. The fourth-order valence-corrected chi connectivity index (χ4v) is 3.46. The summed E-state index contributed by atoms with van der Waals surface area (Å²) in [5.41, 5.74) is 0.803. The number of hydrogen-bond donors (Lipinski definition) is 1. The number of carbonyl (C=O) groups is 2. The summed E-state index contributed by atoms with van der Waals surface area (Å²) in [6.07, 6.45) is 1.34. The maximum atomic E-state index is 12.8. The van der Waals surface area contributed by atoms with Crippen LogP contribution in [0.15, 0.2) is 42.5 Å². The Morgan fingerprint density at radius 1 is 0.926 bits per heavy atom. The van der Waals surface area contributed by atoms with E-state index in [0.717, 1.165) is 22.9 Å². The van der Waals surface area contributed by atoms with E-state index in [4.69, 9.17) is 0 Å². The van der Waals surface area contributed by atoms with Crippen LogP contribution in [0.25, 0.3) is 10.8 Å². The van der Waals surface area contributed by atoms with Crippen molar-refractivity contribution in [3.8, 4) is 0 Å². The van der Waals surface area contributed by atoms with Crippen molar-refractivity contribution in [3.63, 3.8) is 0 Å². The number of urea groups is 1. The Morgan fingerprint density at radius 2 is 1.59 bits per heavy atom. The molecule has 0 atom stereocenters. The standard InChI is InChI=1S/C22H29N3O2/c1-22(2,3)16-20(26)24-12-7-13-25(15-14-24)21(27)23-19-11-6-9-17-8-4-5-10-18(17)19/h4-6,8-11H,7,12-16H2,1-3H3,(H,23,27). The lowest BCUT2D eigenvalue weighted by Gasteiger charge is -2.26. The number of nitrogens with one attached hydrogen (secondary N) is 1. The van der Waals surface area contributed by atoms with Crippen LogP contribution >= 0.6 is 0 Å². The second-order valence-corrected chi connectivity index (χ2v) is 8.42. The molecule has 2 aromatic rings. The lowest BCUT2D eigenvalue weighted by molar-refractivity contribution is -0.132. The van der Waals surface area contributed by atoms with Gasteiger partial charge in [-0.3, -0.25) is 4.79 Å². The van der Waals surface area contributed by atoms with E-state index in [0.29, 0.717) is 32.6 Å². The van der Waals surface area contributed by atoms with E-state index in [9.17, 15) is 9.59 Å². The molecule has 0 radical (unpaired) electrons. The van der Waals surface area contributed by atoms with E-state index in [1.807, 2.05) is 52.3 Å². The molecule has 1 heterocycles.